The van der Waals surface area contributed by atoms with E-state index in [0.29, 0.717) is 79.5 Å². The van der Waals surface area contributed by atoms with E-state index in [9.17, 15) is 14.9 Å². The fourth-order valence-electron chi connectivity index (χ4n) is 4.73. The Morgan fingerprint density at radius 2 is 1.77 bits per heavy atom. The number of fused-ring (bicyclic) bond motifs is 1. The zero-order valence-electron chi connectivity index (χ0n) is 22.5. The molecule has 0 radical (unpaired) electrons. The van der Waals surface area contributed by atoms with Crippen LogP contribution in [-0.2, 0) is 20.7 Å². The lowest BCUT2D eigenvalue weighted by atomic mass is 9.96. The second kappa shape index (κ2) is 12.9. The van der Waals surface area contributed by atoms with Crippen molar-refractivity contribution in [3.05, 3.63) is 53.7 Å². The molecule has 39 heavy (non-hydrogen) atoms. The molecule has 10 heteroatoms. The van der Waals surface area contributed by atoms with E-state index in [-0.39, 0.29) is 11.9 Å². The number of rotatable bonds is 10. The molecule has 0 saturated carbocycles. The second-order valence-corrected chi connectivity index (χ2v) is 9.23. The Morgan fingerprint density at radius 3 is 2.41 bits per heavy atom. The molecule has 10 nitrogen and oxygen atoms in total. The van der Waals surface area contributed by atoms with Crippen molar-refractivity contribution < 1.29 is 23.8 Å². The standard InChI is InChI=1S/C29H33N5O5/c1-4-39-29(36)20-12-15-34(16-13-20)27-26(32-22-7-5-6-8-23(22)33-27)21(18-30)28(35)31-14-11-19-9-10-24(37-2)25(17-19)38-3/h5-10,17,20-21H,4,11-16H2,1-3H3,(H,31,35). The van der Waals surface area contributed by atoms with Crippen molar-refractivity contribution in [2.45, 2.75) is 32.1 Å². The summed E-state index contributed by atoms with van der Waals surface area (Å²) < 4.78 is 15.8. The number of aromatic nitrogens is 2. The summed E-state index contributed by atoms with van der Waals surface area (Å²) in [6.07, 6.45) is 1.74. The Hall–Kier alpha value is -4.39. The minimum atomic E-state index is -1.15. The van der Waals surface area contributed by atoms with Crippen molar-refractivity contribution in [2.75, 3.05) is 45.4 Å². The number of ether oxygens (including phenoxy) is 3. The number of nitriles is 1. The number of carbonyl (C=O) groups is 2. The van der Waals surface area contributed by atoms with Gasteiger partial charge in [-0.25, -0.2) is 9.97 Å². The topological polar surface area (TPSA) is 127 Å². The molecular weight excluding hydrogens is 498 g/mol. The van der Waals surface area contributed by atoms with E-state index in [1.165, 1.54) is 0 Å². The van der Waals surface area contributed by atoms with Gasteiger partial charge < -0.3 is 24.4 Å². The van der Waals surface area contributed by atoms with E-state index in [2.05, 4.69) is 11.4 Å². The quantitative estimate of drug-likeness (QED) is 0.392. The van der Waals surface area contributed by atoms with E-state index in [0.717, 1.165) is 5.56 Å². The van der Waals surface area contributed by atoms with Gasteiger partial charge in [-0.1, -0.05) is 18.2 Å². The highest BCUT2D eigenvalue weighted by molar-refractivity contribution is 5.89. The summed E-state index contributed by atoms with van der Waals surface area (Å²) >= 11 is 0. The summed E-state index contributed by atoms with van der Waals surface area (Å²) in [6, 6.07) is 15.1. The number of nitrogens with zero attached hydrogens (tertiary/aromatic N) is 4. The van der Waals surface area contributed by atoms with Crippen LogP contribution in [0.4, 0.5) is 5.82 Å². The first-order valence-corrected chi connectivity index (χ1v) is 13.1. The number of para-hydroxylation sites is 2. The highest BCUT2D eigenvalue weighted by Gasteiger charge is 2.32. The van der Waals surface area contributed by atoms with Crippen LogP contribution < -0.4 is 19.7 Å². The second-order valence-electron chi connectivity index (χ2n) is 9.23. The fraction of sp³-hybridized carbons (Fsp3) is 0.414. The molecule has 1 aliphatic heterocycles. The van der Waals surface area contributed by atoms with Gasteiger partial charge in [0, 0.05) is 19.6 Å². The van der Waals surface area contributed by atoms with E-state index in [1.54, 1.807) is 21.1 Å². The number of piperidine rings is 1. The lowest BCUT2D eigenvalue weighted by Crippen LogP contribution is -2.39. The highest BCUT2D eigenvalue weighted by Crippen LogP contribution is 2.31. The molecule has 204 valence electrons. The molecule has 1 unspecified atom stereocenters. The largest absolute Gasteiger partial charge is 0.493 e. The minimum Gasteiger partial charge on any atom is -0.493 e. The highest BCUT2D eigenvalue weighted by atomic mass is 16.5. The predicted octanol–water partition coefficient (Wildman–Crippen LogP) is 3.39. The molecule has 1 amide bonds. The third-order valence-electron chi connectivity index (χ3n) is 6.82. The first kappa shape index (κ1) is 27.6. The predicted molar refractivity (Wildman–Crippen MR) is 146 cm³/mol. The van der Waals surface area contributed by atoms with Crippen LogP contribution in [0.25, 0.3) is 11.0 Å². The van der Waals surface area contributed by atoms with Crippen LogP contribution in [0, 0.1) is 17.2 Å². The van der Waals surface area contributed by atoms with Crippen LogP contribution >= 0.6 is 0 Å². The van der Waals surface area contributed by atoms with Crippen molar-refractivity contribution in [2.24, 2.45) is 5.92 Å². The smallest absolute Gasteiger partial charge is 0.309 e. The summed E-state index contributed by atoms with van der Waals surface area (Å²) in [6.45, 7) is 3.56. The van der Waals surface area contributed by atoms with E-state index in [1.807, 2.05) is 47.4 Å². The van der Waals surface area contributed by atoms with Gasteiger partial charge in [0.05, 0.1) is 43.8 Å². The molecule has 4 rings (SSSR count). The van der Waals surface area contributed by atoms with Gasteiger partial charge in [0.25, 0.3) is 0 Å². The first-order chi connectivity index (χ1) is 19.0. The zero-order chi connectivity index (χ0) is 27.8. The Kier molecular flexibility index (Phi) is 9.15. The van der Waals surface area contributed by atoms with Gasteiger partial charge in [-0.05, 0) is 56.0 Å². The van der Waals surface area contributed by atoms with Crippen LogP contribution in [0.15, 0.2) is 42.5 Å². The van der Waals surface area contributed by atoms with Crippen molar-refractivity contribution in [1.82, 2.24) is 15.3 Å². The lowest BCUT2D eigenvalue weighted by molar-refractivity contribution is -0.148. The minimum absolute atomic E-state index is 0.176. The third-order valence-corrected chi connectivity index (χ3v) is 6.82. The summed E-state index contributed by atoms with van der Waals surface area (Å²) in [5, 5.41) is 13.0. The summed E-state index contributed by atoms with van der Waals surface area (Å²) in [7, 11) is 3.15. The van der Waals surface area contributed by atoms with Gasteiger partial charge in [-0.2, -0.15) is 5.26 Å². The van der Waals surface area contributed by atoms with Gasteiger partial charge in [0.1, 0.15) is 5.69 Å². The molecule has 1 atom stereocenters. The number of anilines is 1. The molecule has 0 spiro atoms. The van der Waals surface area contributed by atoms with Gasteiger partial charge in [-0.3, -0.25) is 9.59 Å². The number of methoxy groups -OCH3 is 2. The summed E-state index contributed by atoms with van der Waals surface area (Å²) in [5.41, 5.74) is 2.55. The van der Waals surface area contributed by atoms with Crippen molar-refractivity contribution in [1.29, 1.82) is 5.26 Å². The van der Waals surface area contributed by atoms with Crippen molar-refractivity contribution in [3.63, 3.8) is 0 Å². The van der Waals surface area contributed by atoms with Crippen LogP contribution in [-0.4, -0.2) is 62.3 Å². The van der Waals surface area contributed by atoms with E-state index in [4.69, 9.17) is 24.2 Å². The number of hydrogen-bond acceptors (Lipinski definition) is 9. The average Bonchev–Trinajstić information content (AvgIpc) is 2.97. The molecule has 1 saturated heterocycles. The molecule has 0 bridgehead atoms. The number of carbonyl (C=O) groups excluding carboxylic acids is 2. The van der Waals surface area contributed by atoms with Crippen LogP contribution in [0.2, 0.25) is 0 Å². The maximum absolute atomic E-state index is 13.2. The lowest BCUT2D eigenvalue weighted by Gasteiger charge is -2.33. The number of nitrogens with one attached hydrogen (secondary N) is 1. The molecule has 3 aromatic rings. The Bertz CT molecular complexity index is 1360. The zero-order valence-corrected chi connectivity index (χ0v) is 22.5. The maximum atomic E-state index is 13.2. The van der Waals surface area contributed by atoms with Gasteiger partial charge in [0.2, 0.25) is 5.91 Å². The average molecular weight is 532 g/mol. The SMILES string of the molecule is CCOC(=O)C1CCN(c2nc3ccccc3nc2C(C#N)C(=O)NCCc2ccc(OC)c(OC)c2)CC1. The molecular formula is C29H33N5O5. The van der Waals surface area contributed by atoms with E-state index >= 15 is 0 Å². The van der Waals surface area contributed by atoms with Gasteiger partial charge in [0.15, 0.2) is 23.2 Å². The molecule has 2 heterocycles. The normalized spacial score (nSPS) is 14.4. The Morgan fingerprint density at radius 1 is 1.08 bits per heavy atom. The molecule has 1 aromatic heterocycles. The number of benzene rings is 2. The van der Waals surface area contributed by atoms with Gasteiger partial charge >= 0.3 is 5.97 Å². The van der Waals surface area contributed by atoms with Crippen molar-refractivity contribution in [3.8, 4) is 17.6 Å². The Labute approximate surface area is 227 Å². The molecule has 2 aromatic carbocycles. The summed E-state index contributed by atoms with van der Waals surface area (Å²) in [5.74, 6) is -0.217. The maximum Gasteiger partial charge on any atom is 0.309 e. The van der Waals surface area contributed by atoms with Crippen LogP contribution in [0.1, 0.15) is 36.9 Å². The van der Waals surface area contributed by atoms with Gasteiger partial charge in [-0.15, -0.1) is 0 Å². The fourth-order valence-corrected chi connectivity index (χ4v) is 4.73. The molecule has 1 fully saturated rings. The molecule has 1 aliphatic rings. The first-order valence-electron chi connectivity index (χ1n) is 13.1. The molecule has 1 N–H and O–H groups in total. The number of esters is 1. The number of amides is 1. The third kappa shape index (κ3) is 6.37. The van der Waals surface area contributed by atoms with Crippen LogP contribution in [0.5, 0.6) is 11.5 Å². The van der Waals surface area contributed by atoms with Crippen molar-refractivity contribution >= 4 is 28.7 Å². The summed E-state index contributed by atoms with van der Waals surface area (Å²) in [4.78, 5) is 37.0. The van der Waals surface area contributed by atoms with Crippen LogP contribution in [0.3, 0.4) is 0 Å². The monoisotopic (exact) mass is 531 g/mol. The molecule has 0 aliphatic carbocycles. The number of hydrogen-bond donors (Lipinski definition) is 1. The Balaban J connectivity index is 1.52. The van der Waals surface area contributed by atoms with E-state index < -0.39 is 11.8 Å².